The molecule has 2 heterocycles. The summed E-state index contributed by atoms with van der Waals surface area (Å²) >= 11 is 5.85. The van der Waals surface area contributed by atoms with Crippen LogP contribution in [0.25, 0.3) is 16.8 Å². The average Bonchev–Trinajstić information content (AvgIpc) is 3.29. The van der Waals surface area contributed by atoms with Crippen LogP contribution in [0.5, 0.6) is 5.75 Å². The van der Waals surface area contributed by atoms with E-state index in [2.05, 4.69) is 5.16 Å². The minimum absolute atomic E-state index is 0.0248. The number of rotatable bonds is 6. The quantitative estimate of drug-likeness (QED) is 0.463. The van der Waals surface area contributed by atoms with Gasteiger partial charge in [-0.3, -0.25) is 0 Å². The smallest absolute Gasteiger partial charge is 0.407 e. The van der Waals surface area contributed by atoms with E-state index in [1.807, 2.05) is 0 Å². The van der Waals surface area contributed by atoms with Crippen molar-refractivity contribution in [2.45, 2.75) is 13.0 Å². The third kappa shape index (κ3) is 4.72. The van der Waals surface area contributed by atoms with E-state index in [9.17, 15) is 23.5 Å². The van der Waals surface area contributed by atoms with E-state index in [0.717, 1.165) is 17.0 Å². The number of carboxylic acids is 1. The van der Waals surface area contributed by atoms with Crippen molar-refractivity contribution < 1.29 is 37.8 Å². The lowest BCUT2D eigenvalue weighted by atomic mass is 9.93. The highest BCUT2D eigenvalue weighted by Crippen LogP contribution is 2.33. The zero-order valence-corrected chi connectivity index (χ0v) is 18.2. The molecule has 0 saturated carbocycles. The summed E-state index contributed by atoms with van der Waals surface area (Å²) in [5.41, 5.74) is 1.05. The van der Waals surface area contributed by atoms with Crippen LogP contribution in [-0.4, -0.2) is 45.4 Å². The second-order valence-electron chi connectivity index (χ2n) is 7.43. The zero-order valence-electron chi connectivity index (χ0n) is 17.4. The second kappa shape index (κ2) is 9.52. The Balaban J connectivity index is 1.46. The highest BCUT2D eigenvalue weighted by Gasteiger charge is 2.27. The minimum Gasteiger partial charge on any atom is -0.486 e. The standard InChI is InChI=1S/C23H17ClF2N2O6/c24-21-18(26)6-5-17(25)20(21)19-9-14(34-27-19)11-33-13-3-1-12(2-4-13)15-7-8-28(23(31)32)10-16(15)22(29)30/h1-6,9H,7-8,10-11H2,(H,29,30)(H,31,32). The Morgan fingerprint density at radius 3 is 2.50 bits per heavy atom. The first-order valence-electron chi connectivity index (χ1n) is 10.0. The van der Waals surface area contributed by atoms with Crippen molar-refractivity contribution in [2.75, 3.05) is 13.1 Å². The monoisotopic (exact) mass is 490 g/mol. The van der Waals surface area contributed by atoms with Gasteiger partial charge in [0, 0.05) is 12.6 Å². The molecule has 34 heavy (non-hydrogen) atoms. The maximum atomic E-state index is 14.1. The second-order valence-corrected chi connectivity index (χ2v) is 7.80. The molecule has 176 valence electrons. The molecule has 8 nitrogen and oxygen atoms in total. The molecule has 0 fully saturated rings. The van der Waals surface area contributed by atoms with Crippen molar-refractivity contribution in [3.8, 4) is 17.0 Å². The van der Waals surface area contributed by atoms with Gasteiger partial charge in [0.25, 0.3) is 0 Å². The predicted octanol–water partition coefficient (Wildman–Crippen LogP) is 5.07. The van der Waals surface area contributed by atoms with Gasteiger partial charge in [-0.25, -0.2) is 18.4 Å². The van der Waals surface area contributed by atoms with Crippen LogP contribution in [0, 0.1) is 11.6 Å². The number of hydrogen-bond donors (Lipinski definition) is 2. The summed E-state index contributed by atoms with van der Waals surface area (Å²) in [7, 11) is 0. The number of carbonyl (C=O) groups is 2. The van der Waals surface area contributed by atoms with Crippen LogP contribution < -0.4 is 4.74 Å². The minimum atomic E-state index is -1.17. The lowest BCUT2D eigenvalue weighted by Gasteiger charge is -2.27. The van der Waals surface area contributed by atoms with E-state index >= 15 is 0 Å². The van der Waals surface area contributed by atoms with Gasteiger partial charge in [-0.2, -0.15) is 0 Å². The zero-order chi connectivity index (χ0) is 24.4. The Kier molecular flexibility index (Phi) is 6.51. The summed E-state index contributed by atoms with van der Waals surface area (Å²) in [6.07, 6.45) is -0.895. The van der Waals surface area contributed by atoms with Gasteiger partial charge >= 0.3 is 12.1 Å². The maximum absolute atomic E-state index is 14.1. The first-order chi connectivity index (χ1) is 16.2. The molecule has 0 atom stereocenters. The lowest BCUT2D eigenvalue weighted by Crippen LogP contribution is -2.37. The summed E-state index contributed by atoms with van der Waals surface area (Å²) in [5.74, 6) is -2.01. The summed E-state index contributed by atoms with van der Waals surface area (Å²) in [4.78, 5) is 23.9. The number of hydrogen-bond acceptors (Lipinski definition) is 5. The van der Waals surface area contributed by atoms with Gasteiger partial charge in [-0.1, -0.05) is 28.9 Å². The van der Waals surface area contributed by atoms with Gasteiger partial charge < -0.3 is 24.4 Å². The van der Waals surface area contributed by atoms with Crippen molar-refractivity contribution in [3.63, 3.8) is 0 Å². The molecule has 0 bridgehead atoms. The van der Waals surface area contributed by atoms with E-state index in [-0.39, 0.29) is 48.7 Å². The Morgan fingerprint density at radius 2 is 1.82 bits per heavy atom. The Labute approximate surface area is 196 Å². The molecule has 0 aliphatic carbocycles. The molecule has 0 spiro atoms. The number of halogens is 3. The molecule has 1 aromatic heterocycles. The van der Waals surface area contributed by atoms with E-state index in [1.165, 1.54) is 6.07 Å². The van der Waals surface area contributed by atoms with Crippen LogP contribution in [0.4, 0.5) is 13.6 Å². The third-order valence-electron chi connectivity index (χ3n) is 5.32. The number of nitrogens with zero attached hydrogens (tertiary/aromatic N) is 2. The Bertz CT molecular complexity index is 1290. The fraction of sp³-hybridized carbons (Fsp3) is 0.174. The number of benzene rings is 2. The van der Waals surface area contributed by atoms with Gasteiger partial charge in [0.2, 0.25) is 0 Å². The molecule has 2 N–H and O–H groups in total. The number of ether oxygens (including phenoxy) is 1. The number of aliphatic carboxylic acids is 1. The highest BCUT2D eigenvalue weighted by molar-refractivity contribution is 6.33. The average molecular weight is 491 g/mol. The lowest BCUT2D eigenvalue weighted by molar-refractivity contribution is -0.132. The molecule has 0 unspecified atom stereocenters. The van der Waals surface area contributed by atoms with Crippen molar-refractivity contribution in [1.82, 2.24) is 10.1 Å². The molecule has 0 radical (unpaired) electrons. The summed E-state index contributed by atoms with van der Waals surface area (Å²) in [6.45, 7) is -0.0526. The van der Waals surface area contributed by atoms with Crippen molar-refractivity contribution in [1.29, 1.82) is 0 Å². The van der Waals surface area contributed by atoms with Crippen LogP contribution in [0.15, 0.2) is 52.6 Å². The third-order valence-corrected chi connectivity index (χ3v) is 5.69. The van der Waals surface area contributed by atoms with Crippen LogP contribution in [-0.2, 0) is 11.4 Å². The molecule has 1 aliphatic rings. The van der Waals surface area contributed by atoms with Gasteiger partial charge in [0.1, 0.15) is 29.7 Å². The maximum Gasteiger partial charge on any atom is 0.407 e. The van der Waals surface area contributed by atoms with Gasteiger partial charge in [-0.05, 0) is 41.8 Å². The van der Waals surface area contributed by atoms with Crippen molar-refractivity contribution in [3.05, 3.63) is 76.0 Å². The summed E-state index contributed by atoms with van der Waals surface area (Å²) < 4.78 is 38.5. The van der Waals surface area contributed by atoms with E-state index in [0.29, 0.717) is 16.9 Å². The molecular formula is C23H17ClF2N2O6. The molecule has 1 aliphatic heterocycles. The van der Waals surface area contributed by atoms with Crippen LogP contribution >= 0.6 is 11.6 Å². The molecule has 1 amide bonds. The van der Waals surface area contributed by atoms with Gasteiger partial charge in [0.15, 0.2) is 5.76 Å². The Hall–Kier alpha value is -3.92. The van der Waals surface area contributed by atoms with Crippen molar-refractivity contribution in [2.24, 2.45) is 0 Å². The molecule has 2 aromatic carbocycles. The van der Waals surface area contributed by atoms with E-state index in [1.54, 1.807) is 24.3 Å². The fourth-order valence-corrected chi connectivity index (χ4v) is 3.86. The number of amides is 1. The first-order valence-corrected chi connectivity index (χ1v) is 10.4. The SMILES string of the molecule is O=C(O)C1=C(c2ccc(OCc3cc(-c4c(F)ccc(F)c4Cl)no3)cc2)CCN(C(=O)O)C1. The molecular weight excluding hydrogens is 474 g/mol. The summed E-state index contributed by atoms with van der Waals surface area (Å²) in [6, 6.07) is 9.87. The molecule has 4 rings (SSSR count). The van der Waals surface area contributed by atoms with Crippen LogP contribution in [0.3, 0.4) is 0 Å². The normalized spacial score (nSPS) is 13.8. The van der Waals surface area contributed by atoms with Gasteiger partial charge in [-0.15, -0.1) is 0 Å². The largest absolute Gasteiger partial charge is 0.486 e. The molecule has 11 heteroatoms. The predicted molar refractivity (Wildman–Crippen MR) is 116 cm³/mol. The van der Waals surface area contributed by atoms with E-state index in [4.69, 9.17) is 26.0 Å². The summed E-state index contributed by atoms with van der Waals surface area (Å²) in [5, 5.41) is 22.0. The van der Waals surface area contributed by atoms with Gasteiger partial charge in [0.05, 0.1) is 22.7 Å². The molecule has 0 saturated heterocycles. The molecule has 3 aromatic rings. The first kappa shape index (κ1) is 23.2. The highest BCUT2D eigenvalue weighted by atomic mass is 35.5. The van der Waals surface area contributed by atoms with Crippen LogP contribution in [0.2, 0.25) is 5.02 Å². The van der Waals surface area contributed by atoms with Crippen LogP contribution in [0.1, 0.15) is 17.7 Å². The number of aromatic nitrogens is 1. The topological polar surface area (TPSA) is 113 Å². The fourth-order valence-electron chi connectivity index (χ4n) is 3.61. The Morgan fingerprint density at radius 1 is 1.12 bits per heavy atom. The van der Waals surface area contributed by atoms with Crippen molar-refractivity contribution >= 4 is 29.2 Å². The number of carboxylic acid groups (broad SMARTS) is 2. The van der Waals surface area contributed by atoms with E-state index < -0.39 is 28.7 Å².